The first-order chi connectivity index (χ1) is 9.88. The highest BCUT2D eigenvalue weighted by Gasteiger charge is 2.24. The maximum Gasteiger partial charge on any atom is 0.118 e. The number of rotatable bonds is 9. The standard InChI is InChI=1S/C18H32N2O/c1-7-18(4,13-19-15(2)3)14-20(5)12-16-8-10-17(21-6)11-9-16/h8-11,15,19H,7,12-14H2,1-6H3. The Morgan fingerprint density at radius 3 is 2.33 bits per heavy atom. The van der Waals surface area contributed by atoms with E-state index >= 15 is 0 Å². The Balaban J connectivity index is 2.54. The minimum atomic E-state index is 0.311. The van der Waals surface area contributed by atoms with Crippen LogP contribution in [-0.4, -0.2) is 38.2 Å². The van der Waals surface area contributed by atoms with Crippen molar-refractivity contribution in [3.63, 3.8) is 0 Å². The Morgan fingerprint density at radius 1 is 1.24 bits per heavy atom. The molecular weight excluding hydrogens is 260 g/mol. The van der Waals surface area contributed by atoms with E-state index in [4.69, 9.17) is 4.74 Å². The molecule has 0 aromatic heterocycles. The van der Waals surface area contributed by atoms with Crippen molar-refractivity contribution in [3.05, 3.63) is 29.8 Å². The largest absolute Gasteiger partial charge is 0.497 e. The molecule has 3 nitrogen and oxygen atoms in total. The van der Waals surface area contributed by atoms with E-state index in [2.05, 4.69) is 57.1 Å². The molecule has 1 rings (SSSR count). The van der Waals surface area contributed by atoms with Gasteiger partial charge in [-0.15, -0.1) is 0 Å². The lowest BCUT2D eigenvalue weighted by atomic mass is 9.86. The summed E-state index contributed by atoms with van der Waals surface area (Å²) in [5.41, 5.74) is 1.64. The zero-order valence-electron chi connectivity index (χ0n) is 14.6. The minimum absolute atomic E-state index is 0.311. The zero-order valence-corrected chi connectivity index (χ0v) is 14.6. The van der Waals surface area contributed by atoms with Crippen LogP contribution in [0.15, 0.2) is 24.3 Å². The first-order valence-corrected chi connectivity index (χ1v) is 7.93. The maximum atomic E-state index is 5.20. The number of ether oxygens (including phenoxy) is 1. The highest BCUT2D eigenvalue weighted by atomic mass is 16.5. The lowest BCUT2D eigenvalue weighted by molar-refractivity contribution is 0.172. The van der Waals surface area contributed by atoms with Gasteiger partial charge in [0.05, 0.1) is 7.11 Å². The Morgan fingerprint density at radius 2 is 1.86 bits per heavy atom. The third-order valence-electron chi connectivity index (χ3n) is 4.05. The van der Waals surface area contributed by atoms with Gasteiger partial charge in [0.2, 0.25) is 0 Å². The number of hydrogen-bond acceptors (Lipinski definition) is 3. The van der Waals surface area contributed by atoms with Crippen LogP contribution in [0.4, 0.5) is 0 Å². The Labute approximate surface area is 130 Å². The Kier molecular flexibility index (Phi) is 7.20. The van der Waals surface area contributed by atoms with Crippen LogP contribution >= 0.6 is 0 Å². The van der Waals surface area contributed by atoms with Crippen molar-refractivity contribution in [1.29, 1.82) is 0 Å². The summed E-state index contributed by atoms with van der Waals surface area (Å²) in [6.45, 7) is 12.2. The molecule has 0 amide bonds. The SMILES string of the molecule is CCC(C)(CNC(C)C)CN(C)Cc1ccc(OC)cc1. The zero-order chi connectivity index (χ0) is 15.9. The molecule has 3 heteroatoms. The molecule has 1 atom stereocenters. The molecule has 1 N–H and O–H groups in total. The number of hydrogen-bond donors (Lipinski definition) is 1. The van der Waals surface area contributed by atoms with E-state index in [1.54, 1.807) is 7.11 Å². The van der Waals surface area contributed by atoms with Gasteiger partial charge in [-0.05, 0) is 36.6 Å². The van der Waals surface area contributed by atoms with E-state index in [9.17, 15) is 0 Å². The lowest BCUT2D eigenvalue weighted by Crippen LogP contribution is -2.42. The van der Waals surface area contributed by atoms with Crippen LogP contribution in [-0.2, 0) is 6.54 Å². The molecule has 0 spiro atoms. The average molecular weight is 292 g/mol. The fourth-order valence-electron chi connectivity index (χ4n) is 2.49. The van der Waals surface area contributed by atoms with Gasteiger partial charge >= 0.3 is 0 Å². The predicted octanol–water partition coefficient (Wildman–Crippen LogP) is 3.54. The lowest BCUT2D eigenvalue weighted by Gasteiger charge is -2.34. The van der Waals surface area contributed by atoms with E-state index in [1.807, 2.05) is 12.1 Å². The Bertz CT molecular complexity index is 402. The van der Waals surface area contributed by atoms with E-state index in [-0.39, 0.29) is 0 Å². The maximum absolute atomic E-state index is 5.20. The van der Waals surface area contributed by atoms with Crippen LogP contribution in [0.2, 0.25) is 0 Å². The number of nitrogens with one attached hydrogen (secondary N) is 1. The monoisotopic (exact) mass is 292 g/mol. The van der Waals surface area contributed by atoms with Crippen LogP contribution in [0.3, 0.4) is 0 Å². The van der Waals surface area contributed by atoms with Crippen molar-refractivity contribution in [3.8, 4) is 5.75 Å². The van der Waals surface area contributed by atoms with Crippen molar-refractivity contribution >= 4 is 0 Å². The summed E-state index contributed by atoms with van der Waals surface area (Å²) in [5.74, 6) is 0.918. The molecular formula is C18H32N2O. The normalized spacial score (nSPS) is 14.5. The molecule has 0 aliphatic rings. The summed E-state index contributed by atoms with van der Waals surface area (Å²) < 4.78 is 5.20. The summed E-state index contributed by atoms with van der Waals surface area (Å²) in [4.78, 5) is 2.41. The molecule has 0 aliphatic carbocycles. The topological polar surface area (TPSA) is 24.5 Å². The molecule has 0 radical (unpaired) electrons. The van der Waals surface area contributed by atoms with Crippen molar-refractivity contribution in [1.82, 2.24) is 10.2 Å². The second kappa shape index (κ2) is 8.40. The molecule has 0 saturated carbocycles. The van der Waals surface area contributed by atoms with Crippen LogP contribution in [0.5, 0.6) is 5.75 Å². The fourth-order valence-corrected chi connectivity index (χ4v) is 2.49. The molecule has 0 fully saturated rings. The molecule has 120 valence electrons. The quantitative estimate of drug-likeness (QED) is 0.753. The first-order valence-electron chi connectivity index (χ1n) is 7.93. The molecule has 0 bridgehead atoms. The minimum Gasteiger partial charge on any atom is -0.497 e. The van der Waals surface area contributed by atoms with Gasteiger partial charge in [0, 0.05) is 25.7 Å². The van der Waals surface area contributed by atoms with Gasteiger partial charge < -0.3 is 15.0 Å². The van der Waals surface area contributed by atoms with Gasteiger partial charge in [0.1, 0.15) is 5.75 Å². The third kappa shape index (κ3) is 6.49. The van der Waals surface area contributed by atoms with Crippen LogP contribution in [0, 0.1) is 5.41 Å². The third-order valence-corrected chi connectivity index (χ3v) is 4.05. The number of nitrogens with zero attached hydrogens (tertiary/aromatic N) is 1. The van der Waals surface area contributed by atoms with Gasteiger partial charge in [0.25, 0.3) is 0 Å². The second-order valence-electron chi connectivity index (χ2n) is 6.72. The Hall–Kier alpha value is -1.06. The van der Waals surface area contributed by atoms with E-state index < -0.39 is 0 Å². The van der Waals surface area contributed by atoms with Gasteiger partial charge in [0.15, 0.2) is 0 Å². The molecule has 21 heavy (non-hydrogen) atoms. The number of methoxy groups -OCH3 is 1. The predicted molar refractivity (Wildman–Crippen MR) is 90.9 cm³/mol. The second-order valence-corrected chi connectivity index (χ2v) is 6.72. The van der Waals surface area contributed by atoms with Crippen LogP contribution in [0.1, 0.15) is 39.7 Å². The average Bonchev–Trinajstić information content (AvgIpc) is 2.46. The number of benzene rings is 1. The smallest absolute Gasteiger partial charge is 0.118 e. The van der Waals surface area contributed by atoms with Gasteiger partial charge in [-0.2, -0.15) is 0 Å². The van der Waals surface area contributed by atoms with Crippen LogP contribution < -0.4 is 10.1 Å². The van der Waals surface area contributed by atoms with Crippen molar-refractivity contribution in [2.24, 2.45) is 5.41 Å². The van der Waals surface area contributed by atoms with Crippen molar-refractivity contribution in [2.75, 3.05) is 27.2 Å². The highest BCUT2D eigenvalue weighted by Crippen LogP contribution is 2.22. The van der Waals surface area contributed by atoms with Gasteiger partial charge in [-0.1, -0.05) is 39.8 Å². The van der Waals surface area contributed by atoms with Gasteiger partial charge in [-0.3, -0.25) is 0 Å². The highest BCUT2D eigenvalue weighted by molar-refractivity contribution is 5.27. The summed E-state index contributed by atoms with van der Waals surface area (Å²) in [6.07, 6.45) is 1.18. The first kappa shape index (κ1) is 18.0. The molecule has 1 unspecified atom stereocenters. The summed E-state index contributed by atoms with van der Waals surface area (Å²) in [5, 5.41) is 3.58. The molecule has 1 aromatic rings. The summed E-state index contributed by atoms with van der Waals surface area (Å²) in [6, 6.07) is 8.89. The van der Waals surface area contributed by atoms with E-state index in [0.29, 0.717) is 11.5 Å². The summed E-state index contributed by atoms with van der Waals surface area (Å²) in [7, 11) is 3.91. The molecule has 0 heterocycles. The van der Waals surface area contributed by atoms with E-state index in [0.717, 1.165) is 25.4 Å². The van der Waals surface area contributed by atoms with Gasteiger partial charge in [-0.25, -0.2) is 0 Å². The molecule has 0 saturated heterocycles. The molecule has 1 aromatic carbocycles. The fraction of sp³-hybridized carbons (Fsp3) is 0.667. The van der Waals surface area contributed by atoms with E-state index in [1.165, 1.54) is 12.0 Å². The summed E-state index contributed by atoms with van der Waals surface area (Å²) >= 11 is 0. The van der Waals surface area contributed by atoms with Crippen molar-refractivity contribution in [2.45, 2.75) is 46.7 Å². The van der Waals surface area contributed by atoms with Crippen molar-refractivity contribution < 1.29 is 4.74 Å². The molecule has 0 aliphatic heterocycles. The van der Waals surface area contributed by atoms with Crippen LogP contribution in [0.25, 0.3) is 0 Å².